The summed E-state index contributed by atoms with van der Waals surface area (Å²) in [5.41, 5.74) is 0. The summed E-state index contributed by atoms with van der Waals surface area (Å²) >= 11 is 4.09. The van der Waals surface area contributed by atoms with Crippen LogP contribution < -0.4 is 5.32 Å². The zero-order valence-corrected chi connectivity index (χ0v) is 12.5. The van der Waals surface area contributed by atoms with Gasteiger partial charge in [0.25, 0.3) is 0 Å². The number of rotatable bonds is 6. The molecule has 0 aromatic heterocycles. The average molecular weight is 287 g/mol. The maximum atomic E-state index is 11.6. The van der Waals surface area contributed by atoms with Gasteiger partial charge in [-0.2, -0.15) is 12.6 Å². The number of hydrogen-bond acceptors (Lipinski definition) is 4. The van der Waals surface area contributed by atoms with E-state index < -0.39 is 0 Å². The van der Waals surface area contributed by atoms with Gasteiger partial charge in [0.1, 0.15) is 5.78 Å². The highest BCUT2D eigenvalue weighted by atomic mass is 32.1. The maximum Gasteiger partial charge on any atom is 0.221 e. The number of carbonyl (C=O) groups is 2. The predicted molar refractivity (Wildman–Crippen MR) is 78.2 cm³/mol. The maximum absolute atomic E-state index is 11.6. The number of carbonyl (C=O) groups excluding carboxylic acids is 2. The van der Waals surface area contributed by atoms with Crippen molar-refractivity contribution < 1.29 is 14.7 Å². The van der Waals surface area contributed by atoms with Gasteiger partial charge in [-0.25, -0.2) is 0 Å². The molecule has 0 radical (unpaired) electrons. The highest BCUT2D eigenvalue weighted by Crippen LogP contribution is 2.27. The van der Waals surface area contributed by atoms with Crippen LogP contribution in [0.4, 0.5) is 0 Å². The van der Waals surface area contributed by atoms with E-state index in [4.69, 9.17) is 5.11 Å². The lowest BCUT2D eigenvalue weighted by atomic mass is 9.95. The monoisotopic (exact) mass is 287 g/mol. The summed E-state index contributed by atoms with van der Waals surface area (Å²) in [7, 11) is 0. The average Bonchev–Trinajstić information content (AvgIpc) is 2.61. The standard InChI is InChI=1S/C14H25NO3S/c1-10(17)12-4-2-3-11(5-6-12)8-15-14(18)7-13(19)9-16/h11-13,16,19H,2-9H2,1H3,(H,15,18). The Labute approximate surface area is 120 Å². The van der Waals surface area contributed by atoms with E-state index in [0.717, 1.165) is 32.1 Å². The van der Waals surface area contributed by atoms with Crippen molar-refractivity contribution in [3.8, 4) is 0 Å². The molecule has 3 atom stereocenters. The molecule has 0 heterocycles. The summed E-state index contributed by atoms with van der Waals surface area (Å²) in [6.07, 6.45) is 5.34. The number of amides is 1. The zero-order valence-electron chi connectivity index (χ0n) is 11.6. The minimum atomic E-state index is -0.281. The molecule has 4 nitrogen and oxygen atoms in total. The van der Waals surface area contributed by atoms with Gasteiger partial charge in [0, 0.05) is 24.1 Å². The van der Waals surface area contributed by atoms with Crippen molar-refractivity contribution in [2.45, 2.75) is 50.7 Å². The van der Waals surface area contributed by atoms with Crippen LogP contribution in [0.3, 0.4) is 0 Å². The van der Waals surface area contributed by atoms with E-state index in [9.17, 15) is 9.59 Å². The Kier molecular flexibility index (Phi) is 7.46. The van der Waals surface area contributed by atoms with Gasteiger partial charge < -0.3 is 10.4 Å². The first-order valence-electron chi connectivity index (χ1n) is 7.09. The topological polar surface area (TPSA) is 66.4 Å². The predicted octanol–water partition coefficient (Wildman–Crippen LogP) is 1.57. The third-order valence-electron chi connectivity index (χ3n) is 3.88. The van der Waals surface area contributed by atoms with Crippen molar-refractivity contribution in [2.24, 2.45) is 11.8 Å². The number of hydrogen-bond donors (Lipinski definition) is 3. The van der Waals surface area contributed by atoms with Gasteiger partial charge in [0.05, 0.1) is 6.61 Å². The molecule has 110 valence electrons. The van der Waals surface area contributed by atoms with Gasteiger partial charge in [-0.05, 0) is 38.5 Å². The lowest BCUT2D eigenvalue weighted by Crippen LogP contribution is -2.31. The Hall–Kier alpha value is -0.550. The molecular weight excluding hydrogens is 262 g/mol. The Balaban J connectivity index is 2.26. The first-order chi connectivity index (χ1) is 9.02. The molecule has 0 bridgehead atoms. The molecule has 0 spiro atoms. The van der Waals surface area contributed by atoms with Crippen LogP contribution in [-0.2, 0) is 9.59 Å². The number of aliphatic hydroxyl groups is 1. The van der Waals surface area contributed by atoms with Crippen LogP contribution in [0.1, 0.15) is 45.4 Å². The zero-order chi connectivity index (χ0) is 14.3. The van der Waals surface area contributed by atoms with E-state index in [2.05, 4.69) is 17.9 Å². The van der Waals surface area contributed by atoms with Gasteiger partial charge in [-0.1, -0.05) is 6.42 Å². The minimum absolute atomic E-state index is 0.0542. The Morgan fingerprint density at radius 1 is 1.32 bits per heavy atom. The van der Waals surface area contributed by atoms with Crippen molar-refractivity contribution in [3.05, 3.63) is 0 Å². The molecule has 0 aromatic rings. The van der Waals surface area contributed by atoms with Crippen LogP contribution in [0, 0.1) is 11.8 Å². The van der Waals surface area contributed by atoms with E-state index in [0.29, 0.717) is 18.2 Å². The largest absolute Gasteiger partial charge is 0.395 e. The fourth-order valence-electron chi connectivity index (χ4n) is 2.60. The molecule has 1 saturated carbocycles. The number of Topliss-reactive ketones (excluding diaryl/α,β-unsaturated/α-hetero) is 1. The van der Waals surface area contributed by atoms with Crippen LogP contribution in [-0.4, -0.2) is 35.2 Å². The van der Waals surface area contributed by atoms with E-state index in [1.807, 2.05) is 0 Å². The summed E-state index contributed by atoms with van der Waals surface area (Å²) in [5, 5.41) is 11.5. The second-order valence-corrected chi connectivity index (χ2v) is 6.26. The van der Waals surface area contributed by atoms with Crippen LogP contribution in [0.25, 0.3) is 0 Å². The quantitative estimate of drug-likeness (QED) is 0.513. The van der Waals surface area contributed by atoms with Crippen molar-refractivity contribution in [3.63, 3.8) is 0 Å². The second kappa shape index (κ2) is 8.59. The summed E-state index contributed by atoms with van der Waals surface area (Å²) in [6, 6.07) is 0. The number of thiol groups is 1. The van der Waals surface area contributed by atoms with Gasteiger partial charge in [-0.15, -0.1) is 0 Å². The van der Waals surface area contributed by atoms with Crippen molar-refractivity contribution in [1.29, 1.82) is 0 Å². The van der Waals surface area contributed by atoms with E-state index in [-0.39, 0.29) is 30.1 Å². The molecule has 1 rings (SSSR count). The smallest absolute Gasteiger partial charge is 0.221 e. The molecule has 1 fully saturated rings. The van der Waals surface area contributed by atoms with E-state index in [1.54, 1.807) is 6.92 Å². The molecule has 0 aliphatic heterocycles. The molecule has 2 N–H and O–H groups in total. The number of nitrogens with one attached hydrogen (secondary N) is 1. The normalized spacial score (nSPS) is 25.4. The van der Waals surface area contributed by atoms with Crippen LogP contribution in [0.15, 0.2) is 0 Å². The van der Waals surface area contributed by atoms with Crippen molar-refractivity contribution in [2.75, 3.05) is 13.2 Å². The third kappa shape index (κ3) is 6.43. The van der Waals surface area contributed by atoms with Gasteiger partial charge in [-0.3, -0.25) is 9.59 Å². The highest BCUT2D eigenvalue weighted by molar-refractivity contribution is 7.81. The van der Waals surface area contributed by atoms with Crippen molar-refractivity contribution in [1.82, 2.24) is 5.32 Å². The molecule has 1 aliphatic carbocycles. The molecule has 3 unspecified atom stereocenters. The fraction of sp³-hybridized carbons (Fsp3) is 0.857. The van der Waals surface area contributed by atoms with Crippen LogP contribution in [0.2, 0.25) is 0 Å². The summed E-state index contributed by atoms with van der Waals surface area (Å²) in [6.45, 7) is 2.27. The lowest BCUT2D eigenvalue weighted by molar-refractivity contribution is -0.122. The van der Waals surface area contributed by atoms with E-state index in [1.165, 1.54) is 0 Å². The van der Waals surface area contributed by atoms with Gasteiger partial charge >= 0.3 is 0 Å². The second-order valence-electron chi connectivity index (χ2n) is 5.53. The van der Waals surface area contributed by atoms with Crippen molar-refractivity contribution >= 4 is 24.3 Å². The highest BCUT2D eigenvalue weighted by Gasteiger charge is 2.22. The van der Waals surface area contributed by atoms with Gasteiger partial charge in [0.2, 0.25) is 5.91 Å². The summed E-state index contributed by atoms with van der Waals surface area (Å²) in [5.74, 6) is 0.935. The SMILES string of the molecule is CC(=O)C1CCCC(CNC(=O)CC(S)CO)CC1. The molecule has 1 aliphatic rings. The molecule has 0 aromatic carbocycles. The minimum Gasteiger partial charge on any atom is -0.395 e. The number of aliphatic hydroxyl groups excluding tert-OH is 1. The Bertz CT molecular complexity index is 309. The van der Waals surface area contributed by atoms with E-state index >= 15 is 0 Å². The molecule has 0 saturated heterocycles. The van der Waals surface area contributed by atoms with Crippen LogP contribution in [0.5, 0.6) is 0 Å². The number of ketones is 1. The Morgan fingerprint density at radius 2 is 2.05 bits per heavy atom. The third-order valence-corrected chi connectivity index (χ3v) is 4.23. The summed E-state index contributed by atoms with van der Waals surface area (Å²) < 4.78 is 0. The van der Waals surface area contributed by atoms with Crippen LogP contribution >= 0.6 is 12.6 Å². The Morgan fingerprint density at radius 3 is 2.68 bits per heavy atom. The first-order valence-corrected chi connectivity index (χ1v) is 7.60. The molecule has 5 heteroatoms. The lowest BCUT2D eigenvalue weighted by Gasteiger charge is -2.16. The first kappa shape index (κ1) is 16.5. The summed E-state index contributed by atoms with van der Waals surface area (Å²) in [4.78, 5) is 23.0. The fourth-order valence-corrected chi connectivity index (χ4v) is 2.76. The molecule has 19 heavy (non-hydrogen) atoms. The van der Waals surface area contributed by atoms with Gasteiger partial charge in [0.15, 0.2) is 0 Å². The molecule has 1 amide bonds. The molecular formula is C14H25NO3S.